The van der Waals surface area contributed by atoms with Crippen LogP contribution in [0.25, 0.3) is 0 Å². The topological polar surface area (TPSA) is 46.2 Å². The normalized spacial score (nSPS) is 16.3. The third-order valence-corrected chi connectivity index (χ3v) is 5.47. The summed E-state index contributed by atoms with van der Waals surface area (Å²) in [6, 6.07) is 7.24. The lowest BCUT2D eigenvalue weighted by molar-refractivity contribution is 0.333. The first-order chi connectivity index (χ1) is 8.63. The van der Waals surface area contributed by atoms with Crippen molar-refractivity contribution in [1.29, 1.82) is 0 Å². The summed E-state index contributed by atoms with van der Waals surface area (Å²) in [5.41, 5.74) is 0.762. The fourth-order valence-corrected chi connectivity index (χ4v) is 3.73. The standard InChI is InChI=1S/C14H21NO2S/c1-2-10-18(16,17)14-9-4-3-8-13(14)15-11-12-6-5-7-12/h3-4,8-9,12,15H,2,5-7,10-11H2,1H3. The minimum Gasteiger partial charge on any atom is -0.384 e. The van der Waals surface area contributed by atoms with Crippen molar-refractivity contribution in [2.45, 2.75) is 37.5 Å². The minimum atomic E-state index is -3.14. The van der Waals surface area contributed by atoms with Crippen LogP contribution in [-0.2, 0) is 9.84 Å². The van der Waals surface area contributed by atoms with Crippen LogP contribution in [0.2, 0.25) is 0 Å². The van der Waals surface area contributed by atoms with Crippen molar-refractivity contribution in [3.05, 3.63) is 24.3 Å². The summed E-state index contributed by atoms with van der Waals surface area (Å²) in [6.07, 6.45) is 4.48. The molecule has 0 amide bonds. The zero-order chi connectivity index (χ0) is 13.0. The minimum absolute atomic E-state index is 0.217. The van der Waals surface area contributed by atoms with E-state index in [1.54, 1.807) is 12.1 Å². The zero-order valence-electron chi connectivity index (χ0n) is 10.9. The van der Waals surface area contributed by atoms with Crippen LogP contribution in [0.5, 0.6) is 0 Å². The van der Waals surface area contributed by atoms with Crippen LogP contribution >= 0.6 is 0 Å². The average molecular weight is 267 g/mol. The molecule has 1 saturated carbocycles. The molecular weight excluding hydrogens is 246 g/mol. The molecule has 0 saturated heterocycles. The maximum absolute atomic E-state index is 12.1. The molecule has 0 spiro atoms. The Labute approximate surface area is 110 Å². The van der Waals surface area contributed by atoms with Crippen molar-refractivity contribution >= 4 is 15.5 Å². The van der Waals surface area contributed by atoms with Crippen molar-refractivity contribution in [2.24, 2.45) is 5.92 Å². The number of rotatable bonds is 6. The molecule has 0 atom stereocenters. The van der Waals surface area contributed by atoms with Gasteiger partial charge in [0.1, 0.15) is 0 Å². The lowest BCUT2D eigenvalue weighted by Gasteiger charge is -2.26. The van der Waals surface area contributed by atoms with Crippen molar-refractivity contribution in [3.63, 3.8) is 0 Å². The molecule has 0 aromatic heterocycles. The van der Waals surface area contributed by atoms with Crippen LogP contribution < -0.4 is 5.32 Å². The Morgan fingerprint density at radius 3 is 2.61 bits per heavy atom. The first-order valence-electron chi connectivity index (χ1n) is 6.69. The molecule has 0 unspecified atom stereocenters. The SMILES string of the molecule is CCCS(=O)(=O)c1ccccc1NCC1CCC1. The van der Waals surface area contributed by atoms with Gasteiger partial charge in [-0.1, -0.05) is 25.5 Å². The van der Waals surface area contributed by atoms with Gasteiger partial charge >= 0.3 is 0 Å². The van der Waals surface area contributed by atoms with Crippen LogP contribution in [0, 0.1) is 5.92 Å². The Morgan fingerprint density at radius 2 is 2.00 bits per heavy atom. The average Bonchev–Trinajstić information content (AvgIpc) is 2.27. The van der Waals surface area contributed by atoms with Crippen molar-refractivity contribution < 1.29 is 8.42 Å². The summed E-state index contributed by atoms with van der Waals surface area (Å²) in [4.78, 5) is 0.450. The number of sulfone groups is 1. The van der Waals surface area contributed by atoms with Crippen molar-refractivity contribution in [3.8, 4) is 0 Å². The number of hydrogen-bond acceptors (Lipinski definition) is 3. The summed E-state index contributed by atoms with van der Waals surface area (Å²) in [7, 11) is -3.14. The van der Waals surface area contributed by atoms with Crippen LogP contribution in [0.4, 0.5) is 5.69 Å². The smallest absolute Gasteiger partial charge is 0.180 e. The molecule has 0 aliphatic heterocycles. The molecule has 1 aromatic carbocycles. The first-order valence-corrected chi connectivity index (χ1v) is 8.34. The third kappa shape index (κ3) is 3.05. The molecule has 1 aliphatic rings. The largest absolute Gasteiger partial charge is 0.384 e. The van der Waals surface area contributed by atoms with Crippen LogP contribution in [0.3, 0.4) is 0 Å². The van der Waals surface area contributed by atoms with E-state index in [9.17, 15) is 8.42 Å². The molecule has 3 nitrogen and oxygen atoms in total. The summed E-state index contributed by atoms with van der Waals surface area (Å²) in [6.45, 7) is 2.78. The van der Waals surface area contributed by atoms with Gasteiger partial charge in [0, 0.05) is 6.54 Å². The van der Waals surface area contributed by atoms with Crippen LogP contribution in [0.1, 0.15) is 32.6 Å². The second-order valence-electron chi connectivity index (χ2n) is 4.99. The summed E-state index contributed by atoms with van der Waals surface area (Å²) < 4.78 is 24.3. The summed E-state index contributed by atoms with van der Waals surface area (Å²) >= 11 is 0. The van der Waals surface area contributed by atoms with Gasteiger partial charge in [0.15, 0.2) is 9.84 Å². The molecule has 4 heteroatoms. The Balaban J connectivity index is 2.14. The second-order valence-corrected chi connectivity index (χ2v) is 7.07. The van der Waals surface area contributed by atoms with Gasteiger partial charge in [-0.05, 0) is 37.3 Å². The van der Waals surface area contributed by atoms with E-state index < -0.39 is 9.84 Å². The van der Waals surface area contributed by atoms with Gasteiger partial charge < -0.3 is 5.32 Å². The molecule has 0 radical (unpaired) electrons. The molecule has 1 aliphatic carbocycles. The third-order valence-electron chi connectivity index (χ3n) is 3.50. The highest BCUT2D eigenvalue weighted by molar-refractivity contribution is 7.91. The lowest BCUT2D eigenvalue weighted by Crippen LogP contribution is -2.22. The van der Waals surface area contributed by atoms with E-state index in [2.05, 4.69) is 5.32 Å². The molecule has 0 heterocycles. The van der Waals surface area contributed by atoms with Gasteiger partial charge in [0.25, 0.3) is 0 Å². The quantitative estimate of drug-likeness (QED) is 0.861. The molecule has 0 bridgehead atoms. The van der Waals surface area contributed by atoms with Gasteiger partial charge in [-0.2, -0.15) is 0 Å². The molecule has 1 aromatic rings. The molecule has 1 fully saturated rings. The van der Waals surface area contributed by atoms with E-state index in [1.807, 2.05) is 19.1 Å². The molecule has 18 heavy (non-hydrogen) atoms. The predicted octanol–water partition coefficient (Wildman–Crippen LogP) is 3.08. The van der Waals surface area contributed by atoms with Gasteiger partial charge in [0.2, 0.25) is 0 Å². The van der Waals surface area contributed by atoms with E-state index in [-0.39, 0.29) is 5.75 Å². The van der Waals surface area contributed by atoms with Crippen LogP contribution in [0.15, 0.2) is 29.2 Å². The number of hydrogen-bond donors (Lipinski definition) is 1. The van der Waals surface area contributed by atoms with E-state index in [0.29, 0.717) is 17.2 Å². The van der Waals surface area contributed by atoms with Gasteiger partial charge in [-0.15, -0.1) is 0 Å². The maximum Gasteiger partial charge on any atom is 0.180 e. The molecule has 2 rings (SSSR count). The fourth-order valence-electron chi connectivity index (χ4n) is 2.21. The van der Waals surface area contributed by atoms with E-state index in [4.69, 9.17) is 0 Å². The highest BCUT2D eigenvalue weighted by Crippen LogP contribution is 2.28. The Bertz CT molecular complexity index is 492. The van der Waals surface area contributed by atoms with E-state index in [1.165, 1.54) is 19.3 Å². The van der Waals surface area contributed by atoms with Gasteiger partial charge in [-0.25, -0.2) is 8.42 Å². The molecular formula is C14H21NO2S. The highest BCUT2D eigenvalue weighted by atomic mass is 32.2. The van der Waals surface area contributed by atoms with Gasteiger partial charge in [0.05, 0.1) is 16.3 Å². The maximum atomic E-state index is 12.1. The number of para-hydroxylation sites is 1. The number of nitrogens with one attached hydrogen (secondary N) is 1. The monoisotopic (exact) mass is 267 g/mol. The van der Waals surface area contributed by atoms with Crippen LogP contribution in [-0.4, -0.2) is 20.7 Å². The van der Waals surface area contributed by atoms with Gasteiger partial charge in [-0.3, -0.25) is 0 Å². The Morgan fingerprint density at radius 1 is 1.28 bits per heavy atom. The number of benzene rings is 1. The lowest BCUT2D eigenvalue weighted by atomic mass is 9.85. The van der Waals surface area contributed by atoms with E-state index >= 15 is 0 Å². The summed E-state index contributed by atoms with van der Waals surface area (Å²) in [5.74, 6) is 0.932. The zero-order valence-corrected chi connectivity index (χ0v) is 11.7. The Kier molecular flexibility index (Phi) is 4.27. The summed E-state index contributed by atoms with van der Waals surface area (Å²) in [5, 5.41) is 3.30. The number of anilines is 1. The fraction of sp³-hybridized carbons (Fsp3) is 0.571. The Hall–Kier alpha value is -1.03. The van der Waals surface area contributed by atoms with Crippen molar-refractivity contribution in [1.82, 2.24) is 0 Å². The molecule has 100 valence electrons. The first kappa shape index (κ1) is 13.4. The second kappa shape index (κ2) is 5.74. The van der Waals surface area contributed by atoms with E-state index in [0.717, 1.165) is 12.2 Å². The predicted molar refractivity (Wildman–Crippen MR) is 74.6 cm³/mol. The van der Waals surface area contributed by atoms with Crippen molar-refractivity contribution in [2.75, 3.05) is 17.6 Å². The highest BCUT2D eigenvalue weighted by Gasteiger charge is 2.20. The molecule has 1 N–H and O–H groups in total.